The average Bonchev–Trinajstić information content (AvgIpc) is 2.41. The first-order valence-electron chi connectivity index (χ1n) is 5.77. The zero-order chi connectivity index (χ0) is 16.0. The van der Waals surface area contributed by atoms with Gasteiger partial charge in [-0.15, -0.1) is 0 Å². The molecule has 0 aliphatic carbocycles. The number of carbonyl (C=O) groups excluding carboxylic acids is 1. The molecule has 1 amide bonds. The standard InChI is InChI=1S/C11H15BrFN3O4S/c1-20-3-2-15-10(17)6-16-21(18,19)9-5-7(14)4-8(12)11(9)13/h4-5,16H,2-3,6,14H2,1H3,(H,15,17). The van der Waals surface area contributed by atoms with Gasteiger partial charge in [-0.25, -0.2) is 17.5 Å². The number of rotatable bonds is 7. The highest BCUT2D eigenvalue weighted by Crippen LogP contribution is 2.25. The summed E-state index contributed by atoms with van der Waals surface area (Å²) in [7, 11) is -2.72. The number of anilines is 1. The molecule has 21 heavy (non-hydrogen) atoms. The Morgan fingerprint density at radius 1 is 1.48 bits per heavy atom. The third-order valence-electron chi connectivity index (χ3n) is 2.36. The van der Waals surface area contributed by atoms with Gasteiger partial charge in [-0.05, 0) is 28.1 Å². The predicted octanol–water partition coefficient (Wildman–Crippen LogP) is 0.211. The number of carbonyl (C=O) groups is 1. The largest absolute Gasteiger partial charge is 0.399 e. The van der Waals surface area contributed by atoms with E-state index in [-0.39, 0.29) is 16.7 Å². The van der Waals surface area contributed by atoms with Gasteiger partial charge in [0.1, 0.15) is 4.90 Å². The van der Waals surface area contributed by atoms with E-state index in [2.05, 4.69) is 21.2 Å². The molecule has 4 N–H and O–H groups in total. The van der Waals surface area contributed by atoms with Crippen LogP contribution in [-0.2, 0) is 19.6 Å². The molecule has 0 aromatic heterocycles. The zero-order valence-corrected chi connectivity index (χ0v) is 13.6. The molecule has 0 bridgehead atoms. The van der Waals surface area contributed by atoms with Crippen molar-refractivity contribution < 1.29 is 22.3 Å². The summed E-state index contributed by atoms with van der Waals surface area (Å²) in [4.78, 5) is 10.8. The van der Waals surface area contributed by atoms with E-state index in [1.165, 1.54) is 13.2 Å². The number of ether oxygens (including phenoxy) is 1. The Morgan fingerprint density at radius 3 is 2.76 bits per heavy atom. The van der Waals surface area contributed by atoms with Crippen molar-refractivity contribution in [3.8, 4) is 0 Å². The van der Waals surface area contributed by atoms with E-state index in [4.69, 9.17) is 10.5 Å². The van der Waals surface area contributed by atoms with Gasteiger partial charge in [0.25, 0.3) is 0 Å². The molecule has 0 saturated heterocycles. The summed E-state index contributed by atoms with van der Waals surface area (Å²) in [5, 5.41) is 2.43. The van der Waals surface area contributed by atoms with Gasteiger partial charge in [-0.2, -0.15) is 0 Å². The second-order valence-corrected chi connectivity index (χ2v) is 6.57. The molecule has 1 rings (SSSR count). The highest BCUT2D eigenvalue weighted by atomic mass is 79.9. The summed E-state index contributed by atoms with van der Waals surface area (Å²) in [5.74, 6) is -1.53. The molecular formula is C11H15BrFN3O4S. The van der Waals surface area contributed by atoms with E-state index in [1.54, 1.807) is 0 Å². The Hall–Kier alpha value is -1.23. The molecule has 1 aromatic rings. The first-order valence-corrected chi connectivity index (χ1v) is 8.05. The molecule has 0 saturated carbocycles. The molecule has 0 spiro atoms. The molecular weight excluding hydrogens is 369 g/mol. The van der Waals surface area contributed by atoms with E-state index in [0.717, 1.165) is 6.07 Å². The van der Waals surface area contributed by atoms with Crippen LogP contribution in [0.2, 0.25) is 0 Å². The van der Waals surface area contributed by atoms with Crippen LogP contribution < -0.4 is 15.8 Å². The Morgan fingerprint density at radius 2 is 2.14 bits per heavy atom. The topological polar surface area (TPSA) is 111 Å². The van der Waals surface area contributed by atoms with Gasteiger partial charge in [-0.1, -0.05) is 0 Å². The predicted molar refractivity (Wildman–Crippen MR) is 78.6 cm³/mol. The van der Waals surface area contributed by atoms with Gasteiger partial charge >= 0.3 is 0 Å². The molecule has 118 valence electrons. The number of hydrogen-bond donors (Lipinski definition) is 3. The second-order valence-electron chi connectivity index (χ2n) is 3.98. The maximum atomic E-state index is 13.8. The minimum Gasteiger partial charge on any atom is -0.399 e. The fraction of sp³-hybridized carbons (Fsp3) is 0.364. The molecule has 0 unspecified atom stereocenters. The van der Waals surface area contributed by atoms with Crippen molar-refractivity contribution in [2.24, 2.45) is 0 Å². The van der Waals surface area contributed by atoms with Crippen LogP contribution in [0.5, 0.6) is 0 Å². The van der Waals surface area contributed by atoms with Crippen molar-refractivity contribution >= 4 is 37.5 Å². The third-order valence-corrected chi connectivity index (χ3v) is 4.34. The summed E-state index contributed by atoms with van der Waals surface area (Å²) in [6, 6.07) is 2.22. The molecule has 0 aliphatic heterocycles. The van der Waals surface area contributed by atoms with E-state index in [1.807, 2.05) is 4.72 Å². The van der Waals surface area contributed by atoms with Crippen LogP contribution >= 0.6 is 15.9 Å². The lowest BCUT2D eigenvalue weighted by atomic mass is 10.3. The van der Waals surface area contributed by atoms with Gasteiger partial charge in [-0.3, -0.25) is 4.79 Å². The monoisotopic (exact) mass is 383 g/mol. The van der Waals surface area contributed by atoms with E-state index < -0.39 is 33.2 Å². The van der Waals surface area contributed by atoms with Crippen molar-refractivity contribution in [3.05, 3.63) is 22.4 Å². The quantitative estimate of drug-likeness (QED) is 0.460. The first-order chi connectivity index (χ1) is 9.77. The van der Waals surface area contributed by atoms with E-state index in [9.17, 15) is 17.6 Å². The number of nitrogens with one attached hydrogen (secondary N) is 2. The number of halogens is 2. The smallest absolute Gasteiger partial charge is 0.244 e. The summed E-state index contributed by atoms with van der Waals surface area (Å²) in [6.45, 7) is 0.0302. The maximum absolute atomic E-state index is 13.8. The first kappa shape index (κ1) is 17.8. The Bertz CT molecular complexity index is 624. The molecule has 7 nitrogen and oxygen atoms in total. The van der Waals surface area contributed by atoms with Crippen molar-refractivity contribution in [1.29, 1.82) is 0 Å². The summed E-state index contributed by atoms with van der Waals surface area (Å²) < 4.78 is 44.4. The molecule has 0 heterocycles. The normalized spacial score (nSPS) is 11.4. The highest BCUT2D eigenvalue weighted by molar-refractivity contribution is 9.10. The molecule has 0 radical (unpaired) electrons. The number of benzene rings is 1. The van der Waals surface area contributed by atoms with Crippen LogP contribution in [0.15, 0.2) is 21.5 Å². The van der Waals surface area contributed by atoms with Crippen molar-refractivity contribution in [2.75, 3.05) is 32.5 Å². The lowest BCUT2D eigenvalue weighted by Crippen LogP contribution is -2.38. The number of amides is 1. The van der Waals surface area contributed by atoms with Crippen LogP contribution in [0.4, 0.5) is 10.1 Å². The van der Waals surface area contributed by atoms with Crippen LogP contribution in [-0.4, -0.2) is 41.1 Å². The second kappa shape index (κ2) is 7.69. The number of nitrogens with two attached hydrogens (primary N) is 1. The fourth-order valence-electron chi connectivity index (χ4n) is 1.37. The lowest BCUT2D eigenvalue weighted by molar-refractivity contribution is -0.120. The molecule has 0 fully saturated rings. The zero-order valence-electron chi connectivity index (χ0n) is 11.2. The lowest BCUT2D eigenvalue weighted by Gasteiger charge is -2.10. The summed E-state index contributed by atoms with van der Waals surface area (Å²) >= 11 is 2.87. The van der Waals surface area contributed by atoms with Crippen molar-refractivity contribution in [2.45, 2.75) is 4.90 Å². The Balaban J connectivity index is 2.77. The number of nitrogen functional groups attached to an aromatic ring is 1. The maximum Gasteiger partial charge on any atom is 0.244 e. The van der Waals surface area contributed by atoms with Gasteiger partial charge in [0.15, 0.2) is 5.82 Å². The highest BCUT2D eigenvalue weighted by Gasteiger charge is 2.22. The van der Waals surface area contributed by atoms with Crippen LogP contribution in [0, 0.1) is 5.82 Å². The number of hydrogen-bond acceptors (Lipinski definition) is 5. The summed E-state index contributed by atoms with van der Waals surface area (Å²) in [6.07, 6.45) is 0. The van der Waals surface area contributed by atoms with E-state index in [0.29, 0.717) is 6.61 Å². The Labute approximate surface area is 130 Å². The fourth-order valence-corrected chi connectivity index (χ4v) is 3.10. The molecule has 0 atom stereocenters. The average molecular weight is 384 g/mol. The minimum atomic E-state index is -4.19. The van der Waals surface area contributed by atoms with Crippen LogP contribution in [0.3, 0.4) is 0 Å². The molecule has 1 aromatic carbocycles. The minimum absolute atomic E-state index is 0.0765. The number of sulfonamides is 1. The van der Waals surface area contributed by atoms with Gasteiger partial charge in [0.05, 0.1) is 17.6 Å². The molecule has 0 aliphatic rings. The number of methoxy groups -OCH3 is 1. The van der Waals surface area contributed by atoms with Gasteiger partial charge in [0, 0.05) is 19.3 Å². The molecule has 10 heteroatoms. The van der Waals surface area contributed by atoms with Crippen LogP contribution in [0.1, 0.15) is 0 Å². The van der Waals surface area contributed by atoms with Crippen molar-refractivity contribution in [3.63, 3.8) is 0 Å². The Kier molecular flexibility index (Phi) is 6.52. The summed E-state index contributed by atoms with van der Waals surface area (Å²) in [5.41, 5.74) is 5.56. The van der Waals surface area contributed by atoms with Crippen LogP contribution in [0.25, 0.3) is 0 Å². The third kappa shape index (κ3) is 5.23. The van der Waals surface area contributed by atoms with Gasteiger partial charge < -0.3 is 15.8 Å². The SMILES string of the molecule is COCCNC(=O)CNS(=O)(=O)c1cc(N)cc(Br)c1F. The van der Waals surface area contributed by atoms with Gasteiger partial charge in [0.2, 0.25) is 15.9 Å². The van der Waals surface area contributed by atoms with E-state index >= 15 is 0 Å². The van der Waals surface area contributed by atoms with Crippen molar-refractivity contribution in [1.82, 2.24) is 10.0 Å².